The lowest BCUT2D eigenvalue weighted by molar-refractivity contribution is 0.116. The Bertz CT molecular complexity index is 186. The molecule has 1 nitrogen and oxygen atoms in total. The van der Waals surface area contributed by atoms with Gasteiger partial charge in [-0.1, -0.05) is 32.6 Å². The number of nitrogens with one attached hydrogen (secondary N) is 1. The summed E-state index contributed by atoms with van der Waals surface area (Å²) in [6, 6.07) is 0.749. The summed E-state index contributed by atoms with van der Waals surface area (Å²) in [7, 11) is 0. The van der Waals surface area contributed by atoms with Crippen molar-refractivity contribution in [1.29, 1.82) is 0 Å². The highest BCUT2D eigenvalue weighted by atomic mass is 14.9. The fourth-order valence-electron chi connectivity index (χ4n) is 3.03. The van der Waals surface area contributed by atoms with E-state index in [1.165, 1.54) is 57.9 Å². The summed E-state index contributed by atoms with van der Waals surface area (Å²) in [5.41, 5.74) is 0.688. The topological polar surface area (TPSA) is 12.0 Å². The van der Waals surface area contributed by atoms with Crippen LogP contribution >= 0.6 is 0 Å². The molecule has 0 amide bonds. The summed E-state index contributed by atoms with van der Waals surface area (Å²) in [6.45, 7) is 6.01. The maximum atomic E-state index is 3.78. The summed E-state index contributed by atoms with van der Waals surface area (Å²) < 4.78 is 0. The molecule has 1 heteroatoms. The van der Waals surface area contributed by atoms with Crippen LogP contribution in [0.2, 0.25) is 0 Å². The summed E-state index contributed by atoms with van der Waals surface area (Å²) in [5.74, 6) is 1.05. The molecule has 0 aliphatic heterocycles. The Hall–Kier alpha value is -0.0400. The molecule has 2 saturated carbocycles. The van der Waals surface area contributed by atoms with E-state index < -0.39 is 0 Å². The normalized spacial score (nSPS) is 26.8. The Labute approximate surface area is 95.0 Å². The molecule has 1 atom stereocenters. The zero-order valence-corrected chi connectivity index (χ0v) is 10.5. The molecule has 15 heavy (non-hydrogen) atoms. The van der Waals surface area contributed by atoms with E-state index in [4.69, 9.17) is 0 Å². The Kier molecular flexibility index (Phi) is 3.71. The van der Waals surface area contributed by atoms with Crippen LogP contribution < -0.4 is 5.32 Å². The van der Waals surface area contributed by atoms with Crippen LogP contribution in [0.5, 0.6) is 0 Å². The van der Waals surface area contributed by atoms with Gasteiger partial charge in [0.25, 0.3) is 0 Å². The molecule has 0 aromatic carbocycles. The third-order valence-electron chi connectivity index (χ3n) is 4.90. The monoisotopic (exact) mass is 209 g/mol. The molecule has 0 saturated heterocycles. The maximum Gasteiger partial charge on any atom is 0.00415 e. The van der Waals surface area contributed by atoms with Crippen molar-refractivity contribution >= 4 is 0 Å². The van der Waals surface area contributed by atoms with E-state index in [1.54, 1.807) is 0 Å². The van der Waals surface area contributed by atoms with Crippen LogP contribution in [-0.2, 0) is 0 Å². The molecule has 0 radical (unpaired) electrons. The Morgan fingerprint density at radius 2 is 2.00 bits per heavy atom. The highest BCUT2D eigenvalue weighted by molar-refractivity contribution is 4.89. The van der Waals surface area contributed by atoms with Gasteiger partial charge in [-0.25, -0.2) is 0 Å². The third-order valence-corrected chi connectivity index (χ3v) is 4.90. The zero-order valence-electron chi connectivity index (χ0n) is 10.5. The Morgan fingerprint density at radius 1 is 1.27 bits per heavy atom. The minimum atomic E-state index is 0.688. The zero-order chi connectivity index (χ0) is 10.7. The van der Waals surface area contributed by atoms with Gasteiger partial charge in [0, 0.05) is 12.6 Å². The number of hydrogen-bond acceptors (Lipinski definition) is 1. The van der Waals surface area contributed by atoms with Crippen LogP contribution in [0.3, 0.4) is 0 Å². The minimum absolute atomic E-state index is 0.688. The van der Waals surface area contributed by atoms with E-state index in [9.17, 15) is 0 Å². The van der Waals surface area contributed by atoms with Gasteiger partial charge in [0.05, 0.1) is 0 Å². The predicted octanol–water partition coefficient (Wildman–Crippen LogP) is 3.74. The molecule has 2 aliphatic carbocycles. The summed E-state index contributed by atoms with van der Waals surface area (Å²) in [5, 5.41) is 3.78. The SMILES string of the molecule is CCC1(CNC(C)CC2CCC2)CCC1. The molecule has 1 N–H and O–H groups in total. The predicted molar refractivity (Wildman–Crippen MR) is 66.0 cm³/mol. The lowest BCUT2D eigenvalue weighted by Crippen LogP contribution is -2.43. The van der Waals surface area contributed by atoms with Gasteiger partial charge in [0.1, 0.15) is 0 Å². The van der Waals surface area contributed by atoms with E-state index in [1.807, 2.05) is 0 Å². The van der Waals surface area contributed by atoms with Crippen molar-refractivity contribution in [2.45, 2.75) is 71.3 Å². The van der Waals surface area contributed by atoms with Gasteiger partial charge in [-0.05, 0) is 43.9 Å². The smallest absolute Gasteiger partial charge is 0.00415 e. The summed E-state index contributed by atoms with van der Waals surface area (Å²) >= 11 is 0. The lowest BCUT2D eigenvalue weighted by Gasteiger charge is -2.42. The fourth-order valence-corrected chi connectivity index (χ4v) is 3.03. The van der Waals surface area contributed by atoms with E-state index in [0.29, 0.717) is 5.41 Å². The number of rotatable bonds is 6. The molecule has 0 heterocycles. The van der Waals surface area contributed by atoms with E-state index in [-0.39, 0.29) is 0 Å². The van der Waals surface area contributed by atoms with Gasteiger partial charge >= 0.3 is 0 Å². The van der Waals surface area contributed by atoms with Gasteiger partial charge in [0.2, 0.25) is 0 Å². The van der Waals surface area contributed by atoms with Crippen molar-refractivity contribution in [2.75, 3.05) is 6.54 Å². The standard InChI is InChI=1S/C14H27N/c1-3-14(8-5-9-14)11-15-12(2)10-13-6-4-7-13/h12-13,15H,3-11H2,1-2H3. The van der Waals surface area contributed by atoms with Gasteiger partial charge in [-0.15, -0.1) is 0 Å². The highest BCUT2D eigenvalue weighted by Gasteiger charge is 2.35. The highest BCUT2D eigenvalue weighted by Crippen LogP contribution is 2.43. The van der Waals surface area contributed by atoms with Gasteiger partial charge < -0.3 is 5.32 Å². The van der Waals surface area contributed by atoms with Crippen molar-refractivity contribution in [1.82, 2.24) is 5.32 Å². The molecule has 88 valence electrons. The maximum absolute atomic E-state index is 3.78. The number of hydrogen-bond donors (Lipinski definition) is 1. The largest absolute Gasteiger partial charge is 0.314 e. The van der Waals surface area contributed by atoms with Crippen LogP contribution in [0, 0.1) is 11.3 Å². The third kappa shape index (κ3) is 2.75. The minimum Gasteiger partial charge on any atom is -0.314 e. The Morgan fingerprint density at radius 3 is 2.40 bits per heavy atom. The van der Waals surface area contributed by atoms with Crippen LogP contribution in [0.15, 0.2) is 0 Å². The molecular formula is C14H27N. The first-order valence-corrected chi connectivity index (χ1v) is 6.97. The van der Waals surface area contributed by atoms with Crippen molar-refractivity contribution in [3.05, 3.63) is 0 Å². The molecule has 0 spiro atoms. The average Bonchev–Trinajstić information content (AvgIpc) is 2.10. The second-order valence-corrected chi connectivity index (χ2v) is 6.02. The first-order valence-electron chi connectivity index (χ1n) is 6.97. The van der Waals surface area contributed by atoms with Crippen molar-refractivity contribution in [3.63, 3.8) is 0 Å². The van der Waals surface area contributed by atoms with Crippen LogP contribution in [-0.4, -0.2) is 12.6 Å². The lowest BCUT2D eigenvalue weighted by atomic mass is 9.67. The fraction of sp³-hybridized carbons (Fsp3) is 1.00. The Balaban J connectivity index is 1.63. The molecule has 2 rings (SSSR count). The molecule has 2 aliphatic rings. The van der Waals surface area contributed by atoms with Crippen molar-refractivity contribution in [3.8, 4) is 0 Å². The molecule has 2 fully saturated rings. The second-order valence-electron chi connectivity index (χ2n) is 6.02. The van der Waals surface area contributed by atoms with E-state index in [2.05, 4.69) is 19.2 Å². The van der Waals surface area contributed by atoms with Crippen LogP contribution in [0.25, 0.3) is 0 Å². The van der Waals surface area contributed by atoms with E-state index >= 15 is 0 Å². The summed E-state index contributed by atoms with van der Waals surface area (Å²) in [4.78, 5) is 0. The second kappa shape index (κ2) is 4.86. The van der Waals surface area contributed by atoms with Crippen molar-refractivity contribution in [2.24, 2.45) is 11.3 Å². The first-order chi connectivity index (χ1) is 7.24. The quantitative estimate of drug-likeness (QED) is 0.703. The molecule has 0 aromatic heterocycles. The van der Waals surface area contributed by atoms with Gasteiger partial charge in [-0.2, -0.15) is 0 Å². The molecular weight excluding hydrogens is 182 g/mol. The first kappa shape index (κ1) is 11.4. The molecule has 0 bridgehead atoms. The average molecular weight is 209 g/mol. The van der Waals surface area contributed by atoms with Gasteiger partial charge in [0.15, 0.2) is 0 Å². The van der Waals surface area contributed by atoms with E-state index in [0.717, 1.165) is 12.0 Å². The molecule has 0 aromatic rings. The van der Waals surface area contributed by atoms with Crippen LogP contribution in [0.1, 0.15) is 65.2 Å². The van der Waals surface area contributed by atoms with Crippen LogP contribution in [0.4, 0.5) is 0 Å². The summed E-state index contributed by atoms with van der Waals surface area (Å²) in [6.07, 6.45) is 11.6. The molecule has 1 unspecified atom stereocenters. The van der Waals surface area contributed by atoms with Crippen molar-refractivity contribution < 1.29 is 0 Å². The van der Waals surface area contributed by atoms with Gasteiger partial charge in [-0.3, -0.25) is 0 Å².